The van der Waals surface area contributed by atoms with Crippen LogP contribution in [0.5, 0.6) is 0 Å². The molecule has 0 saturated heterocycles. The van der Waals surface area contributed by atoms with Crippen LogP contribution in [0.15, 0.2) is 63.9 Å². The molecular weight excluding hydrogens is 400 g/mol. The summed E-state index contributed by atoms with van der Waals surface area (Å²) < 4.78 is 5.59. The second kappa shape index (κ2) is 8.81. The standard InChI is InChI=1S/C23H23ClN4O2/c1-3-15(2)28(14-22-25-20-7-5-4-6-19(20)23(29)26-22)13-18-12-21(27-30-18)16-8-10-17(24)11-9-16/h4-12,15H,3,13-14H2,1-2H3,(H,25,26,29). The average Bonchev–Trinajstić information content (AvgIpc) is 3.22. The van der Waals surface area contributed by atoms with E-state index >= 15 is 0 Å². The van der Waals surface area contributed by atoms with Crippen LogP contribution in [0.3, 0.4) is 0 Å². The smallest absolute Gasteiger partial charge is 0.258 e. The van der Waals surface area contributed by atoms with Gasteiger partial charge in [-0.2, -0.15) is 0 Å². The molecular formula is C23H23ClN4O2. The van der Waals surface area contributed by atoms with Crippen molar-refractivity contribution in [1.82, 2.24) is 20.0 Å². The topological polar surface area (TPSA) is 75.0 Å². The second-order valence-corrected chi connectivity index (χ2v) is 7.81. The summed E-state index contributed by atoms with van der Waals surface area (Å²) in [6.45, 7) is 5.35. The van der Waals surface area contributed by atoms with Gasteiger partial charge in [-0.3, -0.25) is 9.69 Å². The third kappa shape index (κ3) is 4.45. The number of para-hydroxylation sites is 1. The molecule has 0 fully saturated rings. The van der Waals surface area contributed by atoms with Crippen LogP contribution in [0.25, 0.3) is 22.2 Å². The Hall–Kier alpha value is -2.96. The van der Waals surface area contributed by atoms with E-state index < -0.39 is 0 Å². The van der Waals surface area contributed by atoms with E-state index in [2.05, 4.69) is 33.9 Å². The molecule has 2 aromatic heterocycles. The number of aromatic amines is 1. The number of benzene rings is 2. The molecule has 0 aliphatic rings. The molecule has 0 radical (unpaired) electrons. The molecule has 1 unspecified atom stereocenters. The minimum absolute atomic E-state index is 0.121. The van der Waals surface area contributed by atoms with Gasteiger partial charge in [-0.25, -0.2) is 4.98 Å². The van der Waals surface area contributed by atoms with Crippen molar-refractivity contribution in [3.63, 3.8) is 0 Å². The second-order valence-electron chi connectivity index (χ2n) is 7.38. The lowest BCUT2D eigenvalue weighted by molar-refractivity contribution is 0.162. The molecule has 4 rings (SSSR count). The zero-order chi connectivity index (χ0) is 21.1. The maximum Gasteiger partial charge on any atom is 0.258 e. The fourth-order valence-electron chi connectivity index (χ4n) is 3.37. The normalized spacial score (nSPS) is 12.5. The summed E-state index contributed by atoms with van der Waals surface area (Å²) in [6.07, 6.45) is 0.954. The highest BCUT2D eigenvalue weighted by Gasteiger charge is 2.18. The van der Waals surface area contributed by atoms with Gasteiger partial charge in [0.05, 0.1) is 24.0 Å². The fraction of sp³-hybridized carbons (Fsp3) is 0.261. The number of halogens is 1. The van der Waals surface area contributed by atoms with Gasteiger partial charge in [-0.15, -0.1) is 0 Å². The van der Waals surface area contributed by atoms with Gasteiger partial charge in [0.2, 0.25) is 0 Å². The first-order chi connectivity index (χ1) is 14.5. The number of fused-ring (bicyclic) bond motifs is 1. The van der Waals surface area contributed by atoms with Crippen LogP contribution in [-0.2, 0) is 13.1 Å². The molecule has 0 spiro atoms. The van der Waals surface area contributed by atoms with Crippen LogP contribution < -0.4 is 5.56 Å². The maximum atomic E-state index is 12.4. The van der Waals surface area contributed by atoms with Gasteiger partial charge >= 0.3 is 0 Å². The average molecular weight is 423 g/mol. The number of hydrogen-bond donors (Lipinski definition) is 1. The molecule has 4 aromatic rings. The van der Waals surface area contributed by atoms with Gasteiger partial charge in [0.15, 0.2) is 5.76 Å². The van der Waals surface area contributed by atoms with Crippen LogP contribution in [0, 0.1) is 0 Å². The first-order valence-electron chi connectivity index (χ1n) is 9.97. The van der Waals surface area contributed by atoms with Crippen molar-refractivity contribution < 1.29 is 4.52 Å². The molecule has 154 valence electrons. The van der Waals surface area contributed by atoms with E-state index in [9.17, 15) is 4.79 Å². The van der Waals surface area contributed by atoms with Gasteiger partial charge in [0.1, 0.15) is 11.5 Å². The van der Waals surface area contributed by atoms with Crippen LogP contribution in [-0.4, -0.2) is 26.1 Å². The van der Waals surface area contributed by atoms with E-state index in [1.54, 1.807) is 6.07 Å². The van der Waals surface area contributed by atoms with E-state index in [1.807, 2.05) is 48.5 Å². The number of nitrogens with zero attached hydrogens (tertiary/aromatic N) is 3. The van der Waals surface area contributed by atoms with Crippen molar-refractivity contribution >= 4 is 22.5 Å². The van der Waals surface area contributed by atoms with Gasteiger partial charge in [-0.1, -0.05) is 47.9 Å². The molecule has 0 bridgehead atoms. The number of H-pyrrole nitrogens is 1. The maximum absolute atomic E-state index is 12.4. The van der Waals surface area contributed by atoms with Gasteiger partial charge in [0, 0.05) is 22.7 Å². The molecule has 1 N–H and O–H groups in total. The first kappa shape index (κ1) is 20.3. The SMILES string of the molecule is CCC(C)N(Cc1nc2ccccc2c(=O)[nH]1)Cc1cc(-c2ccc(Cl)cc2)no1. The Balaban J connectivity index is 1.57. The van der Waals surface area contributed by atoms with Gasteiger partial charge in [-0.05, 0) is 37.6 Å². The lowest BCUT2D eigenvalue weighted by Crippen LogP contribution is -2.33. The number of aromatic nitrogens is 3. The van der Waals surface area contributed by atoms with Crippen LogP contribution in [0.1, 0.15) is 31.9 Å². The van der Waals surface area contributed by atoms with E-state index in [0.717, 1.165) is 23.4 Å². The first-order valence-corrected chi connectivity index (χ1v) is 10.3. The van der Waals surface area contributed by atoms with E-state index in [4.69, 9.17) is 16.1 Å². The summed E-state index contributed by atoms with van der Waals surface area (Å²) in [5.41, 5.74) is 2.29. The highest BCUT2D eigenvalue weighted by Crippen LogP contribution is 2.23. The minimum atomic E-state index is -0.121. The Bertz CT molecular complexity index is 1200. The molecule has 0 saturated carbocycles. The lowest BCUT2D eigenvalue weighted by Gasteiger charge is -2.26. The Morgan fingerprint density at radius 2 is 1.90 bits per heavy atom. The quantitative estimate of drug-likeness (QED) is 0.452. The minimum Gasteiger partial charge on any atom is -0.359 e. The lowest BCUT2D eigenvalue weighted by atomic mass is 10.1. The zero-order valence-corrected chi connectivity index (χ0v) is 17.7. The molecule has 0 aliphatic carbocycles. The summed E-state index contributed by atoms with van der Waals surface area (Å²) in [6, 6.07) is 17.1. The van der Waals surface area contributed by atoms with Crippen molar-refractivity contribution in [2.75, 3.05) is 0 Å². The summed E-state index contributed by atoms with van der Waals surface area (Å²) in [5.74, 6) is 1.39. The molecule has 2 aromatic carbocycles. The van der Waals surface area contributed by atoms with E-state index in [1.165, 1.54) is 0 Å². The summed E-state index contributed by atoms with van der Waals surface area (Å²) in [4.78, 5) is 22.2. The number of hydrogen-bond acceptors (Lipinski definition) is 5. The molecule has 0 aliphatic heterocycles. The van der Waals surface area contributed by atoms with Crippen molar-refractivity contribution in [2.24, 2.45) is 0 Å². The predicted octanol–water partition coefficient (Wildman–Crippen LogP) is 5.03. The van der Waals surface area contributed by atoms with Gasteiger partial charge < -0.3 is 9.51 Å². The third-order valence-corrected chi connectivity index (χ3v) is 5.54. The Labute approximate surface area is 179 Å². The van der Waals surface area contributed by atoms with Crippen molar-refractivity contribution in [3.05, 3.63) is 81.6 Å². The summed E-state index contributed by atoms with van der Waals surface area (Å²) in [7, 11) is 0. The van der Waals surface area contributed by atoms with E-state index in [-0.39, 0.29) is 11.6 Å². The number of nitrogens with one attached hydrogen (secondary N) is 1. The number of rotatable bonds is 7. The van der Waals surface area contributed by atoms with Crippen molar-refractivity contribution in [3.8, 4) is 11.3 Å². The van der Waals surface area contributed by atoms with E-state index in [0.29, 0.717) is 34.8 Å². The molecule has 2 heterocycles. The van der Waals surface area contributed by atoms with Gasteiger partial charge in [0.25, 0.3) is 5.56 Å². The highest BCUT2D eigenvalue weighted by atomic mass is 35.5. The van der Waals surface area contributed by atoms with Crippen molar-refractivity contribution in [1.29, 1.82) is 0 Å². The predicted molar refractivity (Wildman–Crippen MR) is 118 cm³/mol. The summed E-state index contributed by atoms with van der Waals surface area (Å²) in [5, 5.41) is 5.48. The fourth-order valence-corrected chi connectivity index (χ4v) is 3.50. The molecule has 6 nitrogen and oxygen atoms in total. The third-order valence-electron chi connectivity index (χ3n) is 5.29. The molecule has 30 heavy (non-hydrogen) atoms. The molecule has 1 atom stereocenters. The highest BCUT2D eigenvalue weighted by molar-refractivity contribution is 6.30. The Morgan fingerprint density at radius 3 is 2.67 bits per heavy atom. The Morgan fingerprint density at radius 1 is 1.13 bits per heavy atom. The largest absolute Gasteiger partial charge is 0.359 e. The van der Waals surface area contributed by atoms with Crippen molar-refractivity contribution in [2.45, 2.75) is 39.4 Å². The van der Waals surface area contributed by atoms with Crippen LogP contribution in [0.2, 0.25) is 5.02 Å². The van der Waals surface area contributed by atoms with Crippen LogP contribution >= 0.6 is 11.6 Å². The molecule has 0 amide bonds. The monoisotopic (exact) mass is 422 g/mol. The van der Waals surface area contributed by atoms with Crippen LogP contribution in [0.4, 0.5) is 0 Å². The summed E-state index contributed by atoms with van der Waals surface area (Å²) >= 11 is 5.97. The zero-order valence-electron chi connectivity index (χ0n) is 16.9. The molecule has 7 heteroatoms. The Kier molecular flexibility index (Phi) is 5.97.